The number of nitrogens with zero attached hydrogens (tertiary/aromatic N) is 1. The Morgan fingerprint density at radius 2 is 1.74 bits per heavy atom. The van der Waals surface area contributed by atoms with Crippen molar-refractivity contribution in [2.45, 2.75) is 0 Å². The third kappa shape index (κ3) is 7.98. The second-order valence-corrected chi connectivity index (χ2v) is 3.33. The summed E-state index contributed by atoms with van der Waals surface area (Å²) in [5.41, 5.74) is 0.378. The Kier molecular flexibility index (Phi) is 6.92. The maximum atomic E-state index is 10.6. The smallest absolute Gasteiger partial charge is 0.409 e. The molecule has 0 bridgehead atoms. The fraction of sp³-hybridized carbons (Fsp3) is 0. The van der Waals surface area contributed by atoms with Crippen molar-refractivity contribution in [2.75, 3.05) is 0 Å². The first-order chi connectivity index (χ1) is 9.29. The molecule has 0 atom stereocenters. The first-order valence-electron chi connectivity index (χ1n) is 5.60. The molecule has 0 saturated heterocycles. The molecule has 0 saturated carbocycles. The number of hydrogen-bond acceptors (Lipinski definition) is 3. The molecule has 0 radical (unpaired) electrons. The van der Waals surface area contributed by atoms with Gasteiger partial charge in [-0.05, 0) is 12.2 Å². The number of hydrogen-bond donors (Lipinski definition) is 3. The van der Waals surface area contributed by atoms with Crippen molar-refractivity contribution in [3.63, 3.8) is 0 Å². The maximum absolute atomic E-state index is 10.6. The van der Waals surface area contributed by atoms with Crippen molar-refractivity contribution >= 4 is 12.3 Å². The Morgan fingerprint density at radius 3 is 2.47 bits per heavy atom. The van der Waals surface area contributed by atoms with E-state index in [2.05, 4.69) is 15.6 Å². The molecule has 1 amide bonds. The molecule has 19 heavy (non-hydrogen) atoms. The van der Waals surface area contributed by atoms with Crippen LogP contribution in [0.1, 0.15) is 0 Å². The molecule has 3 N–H and O–H groups in total. The van der Waals surface area contributed by atoms with Gasteiger partial charge in [0.25, 0.3) is 0 Å². The fourth-order valence-electron chi connectivity index (χ4n) is 1.10. The highest BCUT2D eigenvalue weighted by Gasteiger charge is 1.96. The minimum atomic E-state index is -1.13. The van der Waals surface area contributed by atoms with Gasteiger partial charge in [-0.15, -0.1) is 0 Å². The zero-order valence-corrected chi connectivity index (χ0v) is 10.2. The molecule has 1 aliphatic heterocycles. The Morgan fingerprint density at radius 1 is 1.05 bits per heavy atom. The Hall–Kier alpha value is -2.82. The molecule has 1 heterocycles. The number of allylic oxidation sites excluding steroid dienone is 9. The summed E-state index contributed by atoms with van der Waals surface area (Å²) in [6.07, 6.45) is 19.6. The normalized spacial score (nSPS) is 28.1. The molecule has 0 aromatic rings. The molecule has 0 unspecified atom stereocenters. The lowest BCUT2D eigenvalue weighted by Crippen LogP contribution is -2.20. The van der Waals surface area contributed by atoms with Crippen molar-refractivity contribution < 1.29 is 9.90 Å². The van der Waals surface area contributed by atoms with Crippen LogP contribution in [0.3, 0.4) is 0 Å². The van der Waals surface area contributed by atoms with Crippen molar-refractivity contribution in [2.24, 2.45) is 4.99 Å². The van der Waals surface area contributed by atoms with Gasteiger partial charge in [-0.25, -0.2) is 4.79 Å². The highest BCUT2D eigenvalue weighted by molar-refractivity contribution is 5.84. The van der Waals surface area contributed by atoms with Gasteiger partial charge in [0.05, 0.1) is 11.9 Å². The van der Waals surface area contributed by atoms with Gasteiger partial charge in [0, 0.05) is 18.6 Å². The number of rotatable bonds is 1. The van der Waals surface area contributed by atoms with Crippen LogP contribution in [0.5, 0.6) is 0 Å². The zero-order chi connectivity index (χ0) is 13.8. The van der Waals surface area contributed by atoms with Gasteiger partial charge < -0.3 is 10.4 Å². The van der Waals surface area contributed by atoms with E-state index < -0.39 is 6.09 Å². The van der Waals surface area contributed by atoms with Crippen LogP contribution in [0.4, 0.5) is 4.79 Å². The van der Waals surface area contributed by atoms with Crippen LogP contribution >= 0.6 is 0 Å². The van der Waals surface area contributed by atoms with E-state index in [4.69, 9.17) is 5.11 Å². The van der Waals surface area contributed by atoms with Gasteiger partial charge >= 0.3 is 6.09 Å². The van der Waals surface area contributed by atoms with Crippen LogP contribution in [0.2, 0.25) is 0 Å². The standard InChI is InChI=1S/C14H15N3O2/c18-14(19)17-13-8-6-4-2-1-3-5-7-9-15-10-11-16-12-13/h1-12,15,17H,(H,18,19)/b2-1+,5-3+,6-4-,9-7-,11-10-,13-8-,16-12+. The summed E-state index contributed by atoms with van der Waals surface area (Å²) >= 11 is 0. The predicted octanol–water partition coefficient (Wildman–Crippen LogP) is 2.47. The minimum absolute atomic E-state index is 0.378. The molecule has 5 heteroatoms. The van der Waals surface area contributed by atoms with Crippen molar-refractivity contribution in [1.29, 1.82) is 0 Å². The summed E-state index contributed by atoms with van der Waals surface area (Å²) < 4.78 is 0. The fourth-order valence-corrected chi connectivity index (χ4v) is 1.10. The molecule has 1 rings (SSSR count). The third-order valence-corrected chi connectivity index (χ3v) is 1.86. The zero-order valence-electron chi connectivity index (χ0n) is 10.2. The van der Waals surface area contributed by atoms with Gasteiger partial charge in [-0.2, -0.15) is 0 Å². The van der Waals surface area contributed by atoms with Gasteiger partial charge in [-0.3, -0.25) is 10.3 Å². The lowest BCUT2D eigenvalue weighted by atomic mass is 10.3. The minimum Gasteiger partial charge on any atom is -0.465 e. The van der Waals surface area contributed by atoms with Crippen molar-refractivity contribution in [3.05, 3.63) is 72.9 Å². The third-order valence-electron chi connectivity index (χ3n) is 1.86. The van der Waals surface area contributed by atoms with E-state index in [1.54, 1.807) is 30.6 Å². The Balaban J connectivity index is 2.84. The molecule has 0 fully saturated rings. The molecule has 0 aromatic carbocycles. The second-order valence-electron chi connectivity index (χ2n) is 3.33. The topological polar surface area (TPSA) is 73.7 Å². The Labute approximate surface area is 111 Å². The van der Waals surface area contributed by atoms with Gasteiger partial charge in [0.2, 0.25) is 0 Å². The number of nitrogens with one attached hydrogen (secondary N) is 2. The van der Waals surface area contributed by atoms with Crippen LogP contribution in [-0.2, 0) is 0 Å². The van der Waals surface area contributed by atoms with E-state index in [-0.39, 0.29) is 0 Å². The predicted molar refractivity (Wildman–Crippen MR) is 76.6 cm³/mol. The van der Waals surface area contributed by atoms with Crippen LogP contribution in [0.25, 0.3) is 0 Å². The van der Waals surface area contributed by atoms with Crippen LogP contribution in [-0.4, -0.2) is 17.4 Å². The van der Waals surface area contributed by atoms with E-state index in [1.165, 1.54) is 12.4 Å². The van der Waals surface area contributed by atoms with Crippen LogP contribution in [0, 0.1) is 0 Å². The summed E-state index contributed by atoms with van der Waals surface area (Å²) in [6, 6.07) is 0. The van der Waals surface area contributed by atoms with E-state index in [1.807, 2.05) is 30.4 Å². The Bertz CT molecular complexity index is 495. The van der Waals surface area contributed by atoms with Crippen LogP contribution < -0.4 is 10.6 Å². The van der Waals surface area contributed by atoms with E-state index in [9.17, 15) is 4.79 Å². The maximum Gasteiger partial charge on any atom is 0.409 e. The van der Waals surface area contributed by atoms with Crippen LogP contribution in [0.15, 0.2) is 77.9 Å². The summed E-state index contributed by atoms with van der Waals surface area (Å²) in [7, 11) is 0. The summed E-state index contributed by atoms with van der Waals surface area (Å²) in [5, 5.41) is 13.8. The highest BCUT2D eigenvalue weighted by Crippen LogP contribution is 1.90. The van der Waals surface area contributed by atoms with Gasteiger partial charge in [0.1, 0.15) is 0 Å². The van der Waals surface area contributed by atoms with E-state index >= 15 is 0 Å². The van der Waals surface area contributed by atoms with Crippen molar-refractivity contribution in [1.82, 2.24) is 10.6 Å². The molecule has 98 valence electrons. The first kappa shape index (κ1) is 14.2. The molecule has 0 spiro atoms. The summed E-state index contributed by atoms with van der Waals surface area (Å²) in [5.74, 6) is 0. The lowest BCUT2D eigenvalue weighted by Gasteiger charge is -1.98. The van der Waals surface area contributed by atoms with Crippen molar-refractivity contribution in [3.8, 4) is 0 Å². The highest BCUT2D eigenvalue weighted by atomic mass is 16.4. The quantitative estimate of drug-likeness (QED) is 0.675. The first-order valence-corrected chi connectivity index (χ1v) is 5.60. The molecular weight excluding hydrogens is 242 g/mol. The summed E-state index contributed by atoms with van der Waals surface area (Å²) in [4.78, 5) is 14.5. The molecular formula is C14H15N3O2. The monoisotopic (exact) mass is 257 g/mol. The van der Waals surface area contributed by atoms with E-state index in [0.29, 0.717) is 5.70 Å². The largest absolute Gasteiger partial charge is 0.465 e. The van der Waals surface area contributed by atoms with Gasteiger partial charge in [0.15, 0.2) is 0 Å². The SMILES string of the molecule is O=C(O)NC1=C\C=C/C=C/C=C/C=C\N/C=C\N=C\1. The summed E-state index contributed by atoms with van der Waals surface area (Å²) in [6.45, 7) is 0. The second kappa shape index (κ2) is 9.23. The van der Waals surface area contributed by atoms with E-state index in [0.717, 1.165) is 0 Å². The average Bonchev–Trinajstić information content (AvgIpc) is 2.38. The average molecular weight is 257 g/mol. The lowest BCUT2D eigenvalue weighted by molar-refractivity contribution is 0.198. The molecule has 0 aromatic heterocycles. The number of carboxylic acid groups (broad SMARTS) is 1. The van der Waals surface area contributed by atoms with Gasteiger partial charge in [-0.1, -0.05) is 36.5 Å². The number of amides is 1. The molecule has 0 aliphatic carbocycles. The molecule has 1 aliphatic rings. The number of carbonyl (C=O) groups is 1. The molecule has 5 nitrogen and oxygen atoms in total. The number of aliphatic imine (C=N–C) groups is 1.